The fraction of sp³-hybridized carbons (Fsp3) is 0.909. The third kappa shape index (κ3) is 2.91. The van der Waals surface area contributed by atoms with Crippen molar-refractivity contribution in [3.8, 4) is 0 Å². The Bertz CT molecular complexity index is 502. The summed E-state index contributed by atoms with van der Waals surface area (Å²) in [6.45, 7) is 7.14. The monoisotopic (exact) mass is 350 g/mol. The molecule has 0 radical (unpaired) electrons. The second-order valence-corrected chi connectivity index (χ2v) is 8.97. The standard InChI is InChI=1S/C20H32O3.C2H6/c1-19-9-8-17-15(16(19)5-6-18(19)22)4-3-13-11-14(21)7-10-20(13,17)12-23-2;1-2/h3,14-18,21-22H,4-12H2,1-2H3;1-2H3. The minimum Gasteiger partial charge on any atom is -0.393 e. The summed E-state index contributed by atoms with van der Waals surface area (Å²) in [5, 5.41) is 20.7. The van der Waals surface area contributed by atoms with E-state index in [-0.39, 0.29) is 23.0 Å². The first kappa shape index (κ1) is 19.4. The highest BCUT2D eigenvalue weighted by atomic mass is 16.5. The van der Waals surface area contributed by atoms with Crippen molar-refractivity contribution in [3.05, 3.63) is 11.6 Å². The fourth-order valence-corrected chi connectivity index (χ4v) is 6.94. The van der Waals surface area contributed by atoms with Crippen molar-refractivity contribution in [2.45, 2.75) is 84.3 Å². The van der Waals surface area contributed by atoms with Gasteiger partial charge in [-0.25, -0.2) is 0 Å². The minimum atomic E-state index is -0.162. The molecule has 0 aromatic heterocycles. The highest BCUT2D eigenvalue weighted by molar-refractivity contribution is 5.26. The van der Waals surface area contributed by atoms with Crippen LogP contribution in [0.3, 0.4) is 0 Å². The van der Waals surface area contributed by atoms with Crippen LogP contribution in [0.4, 0.5) is 0 Å². The van der Waals surface area contributed by atoms with Crippen molar-refractivity contribution in [3.63, 3.8) is 0 Å². The molecule has 3 heteroatoms. The summed E-state index contributed by atoms with van der Waals surface area (Å²) in [6.07, 6.45) is 10.7. The molecule has 0 bridgehead atoms. The molecule has 0 aromatic rings. The van der Waals surface area contributed by atoms with E-state index in [9.17, 15) is 10.2 Å². The van der Waals surface area contributed by atoms with Crippen LogP contribution < -0.4 is 0 Å². The number of methoxy groups -OCH3 is 1. The lowest BCUT2D eigenvalue weighted by Crippen LogP contribution is -2.53. The van der Waals surface area contributed by atoms with E-state index in [4.69, 9.17) is 4.74 Å². The summed E-state index contributed by atoms with van der Waals surface area (Å²) in [5.41, 5.74) is 1.77. The Labute approximate surface area is 153 Å². The van der Waals surface area contributed by atoms with Crippen molar-refractivity contribution in [1.29, 1.82) is 0 Å². The highest BCUT2D eigenvalue weighted by Gasteiger charge is 2.59. The molecule has 0 aromatic carbocycles. The molecule has 0 amide bonds. The molecule has 2 N–H and O–H groups in total. The van der Waals surface area contributed by atoms with Gasteiger partial charge < -0.3 is 14.9 Å². The van der Waals surface area contributed by atoms with Gasteiger partial charge in [-0.2, -0.15) is 0 Å². The average molecular weight is 351 g/mol. The Balaban J connectivity index is 0.000000880. The van der Waals surface area contributed by atoms with Gasteiger partial charge in [0.05, 0.1) is 18.8 Å². The van der Waals surface area contributed by atoms with E-state index in [0.717, 1.165) is 45.1 Å². The lowest BCUT2D eigenvalue weighted by atomic mass is 9.47. The maximum absolute atomic E-state index is 10.5. The number of fused-ring (bicyclic) bond motifs is 5. The molecule has 7 unspecified atom stereocenters. The van der Waals surface area contributed by atoms with E-state index >= 15 is 0 Å². The van der Waals surface area contributed by atoms with Gasteiger partial charge in [0.25, 0.3) is 0 Å². The molecule has 4 aliphatic rings. The summed E-state index contributed by atoms with van der Waals surface area (Å²) in [6, 6.07) is 0. The van der Waals surface area contributed by atoms with Gasteiger partial charge in [0, 0.05) is 12.5 Å². The van der Waals surface area contributed by atoms with E-state index in [1.807, 2.05) is 21.0 Å². The van der Waals surface area contributed by atoms with Gasteiger partial charge in [0.2, 0.25) is 0 Å². The van der Waals surface area contributed by atoms with E-state index < -0.39 is 0 Å². The van der Waals surface area contributed by atoms with Crippen LogP contribution in [0.25, 0.3) is 0 Å². The molecular formula is C22H38O3. The van der Waals surface area contributed by atoms with Crippen LogP contribution in [0.15, 0.2) is 11.6 Å². The second-order valence-electron chi connectivity index (χ2n) is 8.97. The van der Waals surface area contributed by atoms with Crippen LogP contribution in [-0.4, -0.2) is 36.1 Å². The van der Waals surface area contributed by atoms with E-state index in [0.29, 0.717) is 17.8 Å². The van der Waals surface area contributed by atoms with Gasteiger partial charge in [-0.15, -0.1) is 0 Å². The summed E-state index contributed by atoms with van der Waals surface area (Å²) in [5.74, 6) is 2.04. The molecule has 0 saturated heterocycles. The zero-order chi connectivity index (χ0) is 18.2. The lowest BCUT2D eigenvalue weighted by molar-refractivity contribution is -0.0935. The zero-order valence-electron chi connectivity index (χ0n) is 16.6. The number of aliphatic hydroxyl groups excluding tert-OH is 2. The molecule has 144 valence electrons. The third-order valence-electron chi connectivity index (χ3n) is 8.15. The topological polar surface area (TPSA) is 49.7 Å². The van der Waals surface area contributed by atoms with E-state index in [1.165, 1.54) is 18.4 Å². The molecule has 25 heavy (non-hydrogen) atoms. The lowest BCUT2D eigenvalue weighted by Gasteiger charge is -2.58. The van der Waals surface area contributed by atoms with Crippen molar-refractivity contribution in [2.24, 2.45) is 28.6 Å². The van der Waals surface area contributed by atoms with Crippen LogP contribution >= 0.6 is 0 Å². The first-order valence-electron chi connectivity index (χ1n) is 10.6. The molecule has 0 spiro atoms. The second kappa shape index (κ2) is 7.32. The molecule has 7 atom stereocenters. The molecule has 3 nitrogen and oxygen atoms in total. The minimum absolute atomic E-state index is 0.106. The van der Waals surface area contributed by atoms with Gasteiger partial charge >= 0.3 is 0 Å². The molecule has 0 heterocycles. The van der Waals surface area contributed by atoms with E-state index in [2.05, 4.69) is 13.0 Å². The summed E-state index contributed by atoms with van der Waals surface area (Å²) in [4.78, 5) is 0. The van der Waals surface area contributed by atoms with Gasteiger partial charge in [-0.3, -0.25) is 0 Å². The number of rotatable bonds is 2. The molecule has 4 aliphatic carbocycles. The summed E-state index contributed by atoms with van der Waals surface area (Å²) < 4.78 is 5.71. The first-order valence-corrected chi connectivity index (χ1v) is 10.6. The Morgan fingerprint density at radius 1 is 1.08 bits per heavy atom. The molecule has 4 rings (SSSR count). The third-order valence-corrected chi connectivity index (χ3v) is 8.15. The predicted molar refractivity (Wildman–Crippen MR) is 101 cm³/mol. The van der Waals surface area contributed by atoms with Crippen molar-refractivity contribution in [2.75, 3.05) is 13.7 Å². The maximum atomic E-state index is 10.5. The summed E-state index contributed by atoms with van der Waals surface area (Å²) >= 11 is 0. The Morgan fingerprint density at radius 3 is 2.56 bits per heavy atom. The van der Waals surface area contributed by atoms with Gasteiger partial charge in [-0.05, 0) is 74.5 Å². The van der Waals surface area contributed by atoms with Gasteiger partial charge in [0.1, 0.15) is 0 Å². The largest absolute Gasteiger partial charge is 0.393 e. The van der Waals surface area contributed by atoms with Crippen LogP contribution in [-0.2, 0) is 4.74 Å². The van der Waals surface area contributed by atoms with Gasteiger partial charge in [-0.1, -0.05) is 32.4 Å². The quantitative estimate of drug-likeness (QED) is 0.729. The predicted octanol–water partition coefficient (Wildman–Crippen LogP) is 4.32. The smallest absolute Gasteiger partial charge is 0.0596 e. The maximum Gasteiger partial charge on any atom is 0.0596 e. The average Bonchev–Trinajstić information content (AvgIpc) is 2.92. The van der Waals surface area contributed by atoms with Crippen molar-refractivity contribution >= 4 is 0 Å². The number of hydrogen-bond donors (Lipinski definition) is 2. The fourth-order valence-electron chi connectivity index (χ4n) is 6.94. The molecule has 3 saturated carbocycles. The van der Waals surface area contributed by atoms with E-state index in [1.54, 1.807) is 0 Å². The van der Waals surface area contributed by atoms with Crippen LogP contribution in [0.5, 0.6) is 0 Å². The Hall–Kier alpha value is -0.380. The number of allylic oxidation sites excluding steroid dienone is 1. The van der Waals surface area contributed by atoms with Crippen LogP contribution in [0, 0.1) is 28.6 Å². The first-order chi connectivity index (χ1) is 12.0. The summed E-state index contributed by atoms with van der Waals surface area (Å²) in [7, 11) is 1.83. The SMILES string of the molecule is CC.COCC12CCC(O)CC1=CCC1C2CCC2(C)C(O)CCC12. The number of aliphatic hydroxyl groups is 2. The molecule has 0 aliphatic heterocycles. The normalized spacial score (nSPS) is 48.4. The zero-order valence-corrected chi connectivity index (χ0v) is 16.6. The van der Waals surface area contributed by atoms with Crippen LogP contribution in [0.1, 0.15) is 72.1 Å². The van der Waals surface area contributed by atoms with Crippen LogP contribution in [0.2, 0.25) is 0 Å². The number of hydrogen-bond acceptors (Lipinski definition) is 3. The molecule has 3 fully saturated rings. The Kier molecular flexibility index (Phi) is 5.68. The Morgan fingerprint density at radius 2 is 1.84 bits per heavy atom. The van der Waals surface area contributed by atoms with Crippen molar-refractivity contribution in [1.82, 2.24) is 0 Å². The van der Waals surface area contributed by atoms with Gasteiger partial charge in [0.15, 0.2) is 0 Å². The molecular weight excluding hydrogens is 312 g/mol. The number of ether oxygens (including phenoxy) is 1. The highest BCUT2D eigenvalue weighted by Crippen LogP contribution is 2.64. The van der Waals surface area contributed by atoms with Crippen molar-refractivity contribution < 1.29 is 14.9 Å².